The first-order valence-corrected chi connectivity index (χ1v) is 47.5. The molecule has 0 spiro atoms. The van der Waals surface area contributed by atoms with Crippen molar-refractivity contribution in [2.45, 2.75) is 163 Å². The van der Waals surface area contributed by atoms with Crippen molar-refractivity contribution in [3.63, 3.8) is 0 Å². The highest BCUT2D eigenvalue weighted by Gasteiger charge is 2.24. The summed E-state index contributed by atoms with van der Waals surface area (Å²) in [6.45, 7) is 24.7. The summed E-state index contributed by atoms with van der Waals surface area (Å²) in [5, 5.41) is 8.80. The van der Waals surface area contributed by atoms with Gasteiger partial charge in [0.2, 0.25) is 0 Å². The van der Waals surface area contributed by atoms with Crippen LogP contribution in [0.2, 0.25) is 0 Å². The second kappa shape index (κ2) is 45.8. The maximum Gasteiger partial charge on any atom is 0.313 e. The fourth-order valence-corrected chi connectivity index (χ4v) is 14.2. The van der Waals surface area contributed by atoms with Crippen molar-refractivity contribution >= 4 is 88.9 Å². The molecule has 0 fully saturated rings. The van der Waals surface area contributed by atoms with Gasteiger partial charge in [0.05, 0.1) is 52.8 Å². The number of ketones is 1. The number of hydrogen-bond acceptors (Lipinski definition) is 16. The van der Waals surface area contributed by atoms with Crippen molar-refractivity contribution in [2.24, 2.45) is 11.5 Å². The van der Waals surface area contributed by atoms with Gasteiger partial charge in [-0.3, -0.25) is 24.4 Å². The van der Waals surface area contributed by atoms with Crippen molar-refractivity contribution in [1.29, 1.82) is 0 Å². The van der Waals surface area contributed by atoms with Gasteiger partial charge in [0.25, 0.3) is 0 Å². The van der Waals surface area contributed by atoms with Crippen LogP contribution < -0.4 is 11.5 Å². The van der Waals surface area contributed by atoms with Gasteiger partial charge >= 0.3 is 11.9 Å². The van der Waals surface area contributed by atoms with Gasteiger partial charge in [-0.05, 0) is 184 Å². The van der Waals surface area contributed by atoms with Crippen molar-refractivity contribution in [3.05, 3.63) is 280 Å². The maximum atomic E-state index is 14.6. The average molecular weight is 1830 g/mol. The Balaban J connectivity index is 0.000000310. The van der Waals surface area contributed by atoms with Crippen LogP contribution in [0.5, 0.6) is 0 Å². The molecule has 9 aromatic rings. The molecule has 0 saturated heterocycles. The van der Waals surface area contributed by atoms with E-state index in [0.717, 1.165) is 86.2 Å². The highest BCUT2D eigenvalue weighted by atomic mass is 79.9. The van der Waals surface area contributed by atoms with Crippen LogP contribution in [0.4, 0.5) is 22.0 Å². The van der Waals surface area contributed by atoms with E-state index in [2.05, 4.69) is 129 Å². The van der Waals surface area contributed by atoms with Gasteiger partial charge in [0, 0.05) is 98.3 Å². The molecule has 0 aliphatic rings. The van der Waals surface area contributed by atoms with Crippen LogP contribution in [0.15, 0.2) is 173 Å². The Kier molecular flexibility index (Phi) is 39.6. The van der Waals surface area contributed by atoms with Gasteiger partial charge in [0.1, 0.15) is 74.2 Å². The summed E-state index contributed by atoms with van der Waals surface area (Å²) in [5.74, 6) is -5.73. The molecule has 0 saturated carbocycles. The Morgan fingerprint density at radius 2 is 0.744 bits per heavy atom. The normalized spacial score (nSPS) is 12.4. The Morgan fingerprint density at radius 3 is 1.06 bits per heavy atom. The zero-order valence-corrected chi connectivity index (χ0v) is 75.6. The molecular formula is C89H109Br2F5N4O13S4. The zero-order valence-electron chi connectivity index (χ0n) is 69.2. The Hall–Kier alpha value is -8.22. The zero-order chi connectivity index (χ0) is 88.3. The topological polar surface area (TPSA) is 295 Å². The standard InChI is InChI=1S/C30H36FNO3S.C17H22N2.C14H19FO4S.C12H15FO4S.C9H10BrFO2S.C7H7BrFN/c1-20-8-7-9-25(18-20)29-23(13-15-28(32-29)30(3,4)5)12-14-27(33)21(2)24-11-10-22(26(31)19-24)16-17-36(6,34)35;1-12-6-5-7-13(10-12)16-14(11-18)8-9-15(19-16)17(2,3)4;1-4-19-14(16)10(2)12-6-5-11(13(15)9-12)7-8-20(3,17)18;1-8(12(14)15)10-4-3-9(11(13)7-10)5-6-18(2,16)17;1-14(12,13)5-4-7-2-3-8(10)6-9(7)11;8-6-2-1-5(4-10)7(9)3-6/h7-11,13,15,18-19,21H,12,14,16-17H2,1-6H3;5-10H,11,18H2,1-4H3;5-6,9-10H,4,7-8H2,1-3H3;3-4,7-8H,5-6H2,1-2H3,(H,14,15);2-3,6H,4-5H2,1H3;1-3H,4,10H2. The molecule has 0 amide bonds. The molecule has 7 aromatic carbocycles. The Bertz CT molecular complexity index is 5370. The third-order valence-electron chi connectivity index (χ3n) is 18.4. The molecular weight excluding hydrogens is 1720 g/mol. The number of aromatic nitrogens is 2. The summed E-state index contributed by atoms with van der Waals surface area (Å²) in [4.78, 5) is 45.2. The molecule has 28 heteroatoms. The van der Waals surface area contributed by atoms with E-state index in [4.69, 9.17) is 31.3 Å². The van der Waals surface area contributed by atoms with E-state index in [0.29, 0.717) is 62.8 Å². The number of carbonyl (C=O) groups is 3. The van der Waals surface area contributed by atoms with E-state index in [1.165, 1.54) is 55.0 Å². The van der Waals surface area contributed by atoms with Crippen molar-refractivity contribution in [3.8, 4) is 22.5 Å². The number of Topliss-reactive ketones (excluding diaryl/α,β-unsaturated/α-hetero) is 1. The number of hydrogen-bond donors (Lipinski definition) is 3. The molecule has 0 radical (unpaired) electrons. The van der Waals surface area contributed by atoms with Gasteiger partial charge in [-0.1, -0.05) is 189 Å². The van der Waals surface area contributed by atoms with Gasteiger partial charge in [-0.25, -0.2) is 55.6 Å². The lowest BCUT2D eigenvalue weighted by atomic mass is 9.88. The first-order chi connectivity index (χ1) is 54.2. The maximum absolute atomic E-state index is 14.6. The number of carboxylic acids is 1. The molecule has 2 aromatic heterocycles. The molecule has 0 aliphatic carbocycles. The number of aliphatic carboxylic acids is 1. The predicted octanol–water partition coefficient (Wildman–Crippen LogP) is 18.1. The van der Waals surface area contributed by atoms with Crippen LogP contribution in [0.1, 0.15) is 172 Å². The molecule has 3 unspecified atom stereocenters. The second-order valence-electron chi connectivity index (χ2n) is 30.8. The fourth-order valence-electron chi connectivity index (χ4n) is 11.2. The fraction of sp³-hybridized carbons (Fsp3) is 0.382. The summed E-state index contributed by atoms with van der Waals surface area (Å²) in [6.07, 6.45) is 5.89. The number of benzene rings is 7. The lowest BCUT2D eigenvalue weighted by Gasteiger charge is -2.20. The molecule has 0 aliphatic heterocycles. The van der Waals surface area contributed by atoms with Gasteiger partial charge in [-0.15, -0.1) is 0 Å². The number of pyridine rings is 2. The predicted molar refractivity (Wildman–Crippen MR) is 466 cm³/mol. The van der Waals surface area contributed by atoms with E-state index < -0.39 is 86.5 Å². The van der Waals surface area contributed by atoms with Crippen LogP contribution in [-0.2, 0) is 114 Å². The minimum Gasteiger partial charge on any atom is -0.481 e. The van der Waals surface area contributed by atoms with Crippen LogP contribution >= 0.6 is 31.9 Å². The summed E-state index contributed by atoms with van der Waals surface area (Å²) in [6, 6.07) is 47.6. The van der Waals surface area contributed by atoms with Crippen LogP contribution in [0.25, 0.3) is 22.5 Å². The third-order valence-corrected chi connectivity index (χ3v) is 23.2. The van der Waals surface area contributed by atoms with E-state index in [1.54, 1.807) is 63.2 Å². The van der Waals surface area contributed by atoms with Crippen molar-refractivity contribution in [1.82, 2.24) is 9.97 Å². The highest BCUT2D eigenvalue weighted by molar-refractivity contribution is 9.10. The number of halogens is 7. The van der Waals surface area contributed by atoms with Crippen LogP contribution in [0, 0.1) is 42.9 Å². The molecule has 17 nitrogen and oxygen atoms in total. The van der Waals surface area contributed by atoms with E-state index in [1.807, 2.05) is 31.2 Å². The number of aryl methyl sites for hydroxylation is 7. The Morgan fingerprint density at radius 1 is 0.427 bits per heavy atom. The monoisotopic (exact) mass is 1820 g/mol. The third kappa shape index (κ3) is 36.1. The number of esters is 1. The summed E-state index contributed by atoms with van der Waals surface area (Å²) in [5.41, 5.74) is 25.1. The van der Waals surface area contributed by atoms with Gasteiger partial charge in [-0.2, -0.15) is 0 Å². The largest absolute Gasteiger partial charge is 0.481 e. The van der Waals surface area contributed by atoms with Crippen molar-refractivity contribution < 1.29 is 79.9 Å². The quantitative estimate of drug-likeness (QED) is 0.0335. The molecule has 0 bridgehead atoms. The van der Waals surface area contributed by atoms with Crippen LogP contribution in [-0.4, -0.2) is 121 Å². The number of nitrogens with two attached hydrogens (primary N) is 2. The van der Waals surface area contributed by atoms with Crippen molar-refractivity contribution in [2.75, 3.05) is 54.6 Å². The summed E-state index contributed by atoms with van der Waals surface area (Å²) in [7, 11) is -12.5. The van der Waals surface area contributed by atoms with E-state index in [-0.39, 0.29) is 95.7 Å². The summed E-state index contributed by atoms with van der Waals surface area (Å²) < 4.78 is 163. The molecule has 5 N–H and O–H groups in total. The SMILES string of the molecule is CC(C(=O)O)c1ccc(CCS(C)(=O)=O)c(F)c1.CCOC(=O)C(C)c1ccc(CCS(C)(=O)=O)c(F)c1.CS(=O)(=O)CCc1ccc(Br)cc1F.Cc1cccc(-c2nc(C(C)(C)C)ccc2CCC(=O)C(C)c2ccc(CCS(C)(=O)=O)c(F)c2)c1.Cc1cccc(-c2nc(C(C)(C)C)ccc2CN)c1.NCc1ccc(Br)cc1F. The van der Waals surface area contributed by atoms with Crippen LogP contribution in [0.3, 0.4) is 0 Å². The molecule has 636 valence electrons. The molecule has 2 heterocycles. The summed E-state index contributed by atoms with van der Waals surface area (Å²) >= 11 is 6.27. The van der Waals surface area contributed by atoms with E-state index in [9.17, 15) is 70.0 Å². The number of rotatable bonds is 26. The Labute approximate surface area is 705 Å². The molecule has 117 heavy (non-hydrogen) atoms. The number of nitrogens with zero attached hydrogens (tertiary/aromatic N) is 2. The number of carbonyl (C=O) groups excluding carboxylic acids is 2. The highest BCUT2D eigenvalue weighted by Crippen LogP contribution is 2.32. The van der Waals surface area contributed by atoms with Gasteiger partial charge < -0.3 is 21.3 Å². The average Bonchev–Trinajstić information content (AvgIpc) is 0.832. The first kappa shape index (κ1) is 101. The lowest BCUT2D eigenvalue weighted by Crippen LogP contribution is -2.15. The minimum absolute atomic E-state index is 0.0216. The minimum atomic E-state index is -3.18. The number of ether oxygens (including phenoxy) is 1. The lowest BCUT2D eigenvalue weighted by molar-refractivity contribution is -0.144. The molecule has 9 rings (SSSR count). The first-order valence-electron chi connectivity index (χ1n) is 37.6. The van der Waals surface area contributed by atoms with E-state index >= 15 is 0 Å². The number of sulfone groups is 4. The van der Waals surface area contributed by atoms with Gasteiger partial charge in [0.15, 0.2) is 0 Å². The molecule has 3 atom stereocenters. The smallest absolute Gasteiger partial charge is 0.313 e. The number of carboxylic acid groups (broad SMARTS) is 1. The second-order valence-corrected chi connectivity index (χ2v) is 41.7.